The van der Waals surface area contributed by atoms with Gasteiger partial charge >= 0.3 is 18.6 Å². The lowest BCUT2D eigenvalue weighted by molar-refractivity contribution is 0.350. The van der Waals surface area contributed by atoms with E-state index in [1.807, 2.05) is 17.8 Å². The van der Waals surface area contributed by atoms with E-state index in [0.29, 0.717) is 0 Å². The highest BCUT2D eigenvalue weighted by molar-refractivity contribution is 6.77. The molecule has 0 aliphatic rings. The molecular formula is C20H34O4Si5. The van der Waals surface area contributed by atoms with Crippen molar-refractivity contribution in [1.82, 2.24) is 0 Å². The Balaban J connectivity index is 1.87. The van der Waals surface area contributed by atoms with Gasteiger partial charge in [-0.25, -0.2) is 0 Å². The van der Waals surface area contributed by atoms with E-state index in [2.05, 4.69) is 74.8 Å². The third kappa shape index (κ3) is 8.78. The highest BCUT2D eigenvalue weighted by Crippen LogP contribution is 2.09. The molecule has 0 saturated carbocycles. The fraction of sp³-hybridized carbons (Fsp3) is 0.300. The van der Waals surface area contributed by atoms with Crippen LogP contribution in [-0.4, -0.2) is 52.8 Å². The number of hydrogen-bond acceptors (Lipinski definition) is 4. The van der Waals surface area contributed by atoms with E-state index in [9.17, 15) is 0 Å². The van der Waals surface area contributed by atoms with Gasteiger partial charge in [-0.2, -0.15) is 0 Å². The van der Waals surface area contributed by atoms with Gasteiger partial charge in [0.05, 0.1) is 0 Å². The molecule has 0 radical (unpaired) electrons. The van der Waals surface area contributed by atoms with Gasteiger partial charge in [-0.15, -0.1) is 6.58 Å². The maximum Gasteiger partial charge on any atom is 0.345 e. The fourth-order valence-corrected chi connectivity index (χ4v) is 17.7. The monoisotopic (exact) mass is 478 g/mol. The summed E-state index contributed by atoms with van der Waals surface area (Å²) in [4.78, 5) is 0. The average molecular weight is 479 g/mol. The molecule has 0 fully saturated rings. The van der Waals surface area contributed by atoms with Gasteiger partial charge in [0.15, 0.2) is 27.1 Å². The zero-order valence-corrected chi connectivity index (χ0v) is 23.8. The molecule has 2 aromatic carbocycles. The van der Waals surface area contributed by atoms with Gasteiger partial charge in [-0.3, -0.25) is 0 Å². The van der Waals surface area contributed by atoms with E-state index in [0.717, 1.165) is 12.1 Å². The average Bonchev–Trinajstić information content (AvgIpc) is 2.76. The second-order valence-electron chi connectivity index (χ2n) is 7.27. The van der Waals surface area contributed by atoms with E-state index >= 15 is 0 Å². The van der Waals surface area contributed by atoms with Gasteiger partial charge in [0.1, 0.15) is 0 Å². The Bertz CT molecular complexity index is 707. The summed E-state index contributed by atoms with van der Waals surface area (Å²) < 4.78 is 25.0. The lowest BCUT2D eigenvalue weighted by Gasteiger charge is -2.25. The van der Waals surface area contributed by atoms with Crippen LogP contribution in [-0.2, 0) is 16.8 Å². The van der Waals surface area contributed by atoms with Crippen LogP contribution >= 0.6 is 0 Å². The van der Waals surface area contributed by atoms with Gasteiger partial charge < -0.3 is 16.8 Å². The SMILES string of the molecule is C=C[SiH](C)O[SiH](O[SiH](C)CC[SiH](C)O[SiH](OC)c1ccccc1)c1ccccc1. The standard InChI is InChI=1S/C20H34O4Si5/c1-6-25(3)22-29(20-15-11-8-12-16-20)24-27(5)18-17-26(4)23-28(21-2)19-13-9-7-10-14-19/h6-16,25-29H,1,17-18H2,2-5H3. The predicted molar refractivity (Wildman–Crippen MR) is 136 cm³/mol. The summed E-state index contributed by atoms with van der Waals surface area (Å²) in [5.41, 5.74) is 1.97. The molecule has 0 spiro atoms. The maximum atomic E-state index is 6.56. The molecule has 5 atom stereocenters. The minimum absolute atomic E-state index is 1.12. The summed E-state index contributed by atoms with van der Waals surface area (Å²) in [6, 6.07) is 23.0. The van der Waals surface area contributed by atoms with Crippen LogP contribution in [0, 0.1) is 0 Å². The summed E-state index contributed by atoms with van der Waals surface area (Å²) >= 11 is 0. The molecular weight excluding hydrogens is 445 g/mol. The molecule has 0 aliphatic heterocycles. The Morgan fingerprint density at radius 3 is 1.62 bits per heavy atom. The Labute approximate surface area is 184 Å². The lowest BCUT2D eigenvalue weighted by atomic mass is 10.4. The van der Waals surface area contributed by atoms with Crippen molar-refractivity contribution in [2.45, 2.75) is 31.7 Å². The zero-order valence-electron chi connectivity index (χ0n) is 18.0. The molecule has 0 aliphatic carbocycles. The molecule has 5 unspecified atom stereocenters. The van der Waals surface area contributed by atoms with E-state index < -0.39 is 45.7 Å². The van der Waals surface area contributed by atoms with Crippen molar-refractivity contribution in [3.63, 3.8) is 0 Å². The smallest absolute Gasteiger partial charge is 0.345 e. The van der Waals surface area contributed by atoms with E-state index in [1.165, 1.54) is 10.4 Å². The molecule has 9 heteroatoms. The zero-order chi connectivity index (χ0) is 21.1. The topological polar surface area (TPSA) is 36.9 Å². The van der Waals surface area contributed by atoms with Gasteiger partial charge in [0, 0.05) is 7.11 Å². The minimum atomic E-state index is -1.86. The predicted octanol–water partition coefficient (Wildman–Crippen LogP) is 1.72. The molecule has 0 aromatic heterocycles. The van der Waals surface area contributed by atoms with E-state index in [1.54, 1.807) is 7.11 Å². The van der Waals surface area contributed by atoms with Crippen molar-refractivity contribution in [2.75, 3.05) is 7.11 Å². The van der Waals surface area contributed by atoms with Gasteiger partial charge in [0.25, 0.3) is 0 Å². The maximum absolute atomic E-state index is 6.56. The molecule has 0 bridgehead atoms. The highest BCUT2D eigenvalue weighted by Gasteiger charge is 2.24. The quantitative estimate of drug-likeness (QED) is 0.411. The molecule has 29 heavy (non-hydrogen) atoms. The van der Waals surface area contributed by atoms with Crippen LogP contribution in [0.4, 0.5) is 0 Å². The molecule has 4 nitrogen and oxygen atoms in total. The van der Waals surface area contributed by atoms with Crippen molar-refractivity contribution in [3.05, 3.63) is 72.9 Å². The second-order valence-corrected chi connectivity index (χ2v) is 19.9. The molecule has 0 amide bonds. The summed E-state index contributed by atoms with van der Waals surface area (Å²) in [6.45, 7) is 10.6. The number of hydrogen-bond donors (Lipinski definition) is 0. The Morgan fingerprint density at radius 1 is 0.724 bits per heavy atom. The van der Waals surface area contributed by atoms with Crippen molar-refractivity contribution in [3.8, 4) is 0 Å². The highest BCUT2D eigenvalue weighted by atomic mass is 28.4. The minimum Gasteiger partial charge on any atom is -0.438 e. The number of benzene rings is 2. The third-order valence-corrected chi connectivity index (χ3v) is 19.0. The van der Waals surface area contributed by atoms with Gasteiger partial charge in [-0.1, -0.05) is 66.4 Å². The van der Waals surface area contributed by atoms with Crippen molar-refractivity contribution in [1.29, 1.82) is 0 Å². The van der Waals surface area contributed by atoms with Crippen molar-refractivity contribution < 1.29 is 16.8 Å². The number of rotatable bonds is 13. The van der Waals surface area contributed by atoms with Gasteiger partial charge in [0.2, 0.25) is 0 Å². The summed E-state index contributed by atoms with van der Waals surface area (Å²) in [7, 11) is -5.87. The summed E-state index contributed by atoms with van der Waals surface area (Å²) in [5.74, 6) is 0. The fourth-order valence-electron chi connectivity index (χ4n) is 2.96. The molecule has 0 heterocycles. The first-order valence-corrected chi connectivity index (χ1v) is 20.5. The van der Waals surface area contributed by atoms with Crippen LogP contribution in [0.2, 0.25) is 31.7 Å². The molecule has 0 saturated heterocycles. The third-order valence-electron chi connectivity index (χ3n) is 4.72. The Hall–Kier alpha value is -0.896. The van der Waals surface area contributed by atoms with Crippen molar-refractivity contribution >= 4 is 56.1 Å². The van der Waals surface area contributed by atoms with Gasteiger partial charge in [-0.05, 0) is 42.1 Å². The van der Waals surface area contributed by atoms with E-state index in [4.69, 9.17) is 16.8 Å². The largest absolute Gasteiger partial charge is 0.438 e. The first kappa shape index (κ1) is 24.4. The van der Waals surface area contributed by atoms with Crippen molar-refractivity contribution in [2.24, 2.45) is 0 Å². The molecule has 2 rings (SSSR count). The summed E-state index contributed by atoms with van der Waals surface area (Å²) in [5, 5.41) is 2.44. The second kappa shape index (κ2) is 13.4. The first-order chi connectivity index (χ1) is 14.0. The van der Waals surface area contributed by atoms with E-state index in [-0.39, 0.29) is 0 Å². The normalized spacial score (nSPS) is 16.6. The van der Waals surface area contributed by atoms with Crippen LogP contribution < -0.4 is 10.4 Å². The Kier molecular flexibility index (Phi) is 11.3. The van der Waals surface area contributed by atoms with Crippen LogP contribution in [0.15, 0.2) is 72.9 Å². The lowest BCUT2D eigenvalue weighted by Crippen LogP contribution is -2.44. The van der Waals surface area contributed by atoms with Crippen LogP contribution in [0.5, 0.6) is 0 Å². The Morgan fingerprint density at radius 2 is 1.17 bits per heavy atom. The summed E-state index contributed by atoms with van der Waals surface area (Å²) in [6.07, 6.45) is 0. The van der Waals surface area contributed by atoms with Crippen LogP contribution in [0.25, 0.3) is 0 Å². The molecule has 0 N–H and O–H groups in total. The first-order valence-electron chi connectivity index (χ1n) is 10.2. The molecule has 158 valence electrons. The van der Waals surface area contributed by atoms with Crippen LogP contribution in [0.1, 0.15) is 0 Å². The molecule has 2 aromatic rings. The van der Waals surface area contributed by atoms with Crippen LogP contribution in [0.3, 0.4) is 0 Å².